The zero-order chi connectivity index (χ0) is 31.1. The minimum absolute atomic E-state index is 0.0125. The third kappa shape index (κ3) is 5.68. The summed E-state index contributed by atoms with van der Waals surface area (Å²) in [4.78, 5) is 40.5. The van der Waals surface area contributed by atoms with Gasteiger partial charge in [-0.3, -0.25) is 14.5 Å². The van der Waals surface area contributed by atoms with E-state index < -0.39 is 23.7 Å². The number of ether oxygens (including phenoxy) is 2. The molecule has 0 unspecified atom stereocenters. The van der Waals surface area contributed by atoms with E-state index in [1.54, 1.807) is 42.5 Å². The van der Waals surface area contributed by atoms with E-state index in [4.69, 9.17) is 32.7 Å². The predicted molar refractivity (Wildman–Crippen MR) is 169 cm³/mol. The van der Waals surface area contributed by atoms with Crippen molar-refractivity contribution in [2.45, 2.75) is 35.6 Å². The summed E-state index contributed by atoms with van der Waals surface area (Å²) in [6, 6.07) is 15.6. The quantitative estimate of drug-likeness (QED) is 0.0562. The topological polar surface area (TPSA) is 119 Å². The van der Waals surface area contributed by atoms with Crippen LogP contribution >= 0.6 is 46.3 Å². The highest BCUT2D eigenvalue weighted by atomic mass is 35.5. The van der Waals surface area contributed by atoms with Crippen LogP contribution in [0.15, 0.2) is 70.6 Å². The molecule has 6 rings (SSSR count). The van der Waals surface area contributed by atoms with Gasteiger partial charge in [0.15, 0.2) is 4.34 Å². The number of nitrogens with zero attached hydrogens (tertiary/aromatic N) is 3. The Labute approximate surface area is 270 Å². The first-order valence-corrected chi connectivity index (χ1v) is 15.9. The first-order valence-electron chi connectivity index (χ1n) is 13.3. The van der Waals surface area contributed by atoms with Gasteiger partial charge in [-0.05, 0) is 66.1 Å². The zero-order valence-corrected chi connectivity index (χ0v) is 26.4. The largest absolute Gasteiger partial charge is 0.507 e. The number of benzene rings is 3. The molecule has 1 amide bonds. The number of rotatable bonds is 7. The van der Waals surface area contributed by atoms with Gasteiger partial charge in [0, 0.05) is 27.8 Å². The molecular weight excluding hydrogens is 645 g/mol. The van der Waals surface area contributed by atoms with Crippen LogP contribution in [0.3, 0.4) is 0 Å². The number of anilines is 1. The molecule has 3 heterocycles. The van der Waals surface area contributed by atoms with E-state index >= 15 is 0 Å². The van der Waals surface area contributed by atoms with Crippen molar-refractivity contribution in [1.82, 2.24) is 10.2 Å². The molecule has 9 nitrogen and oxygen atoms in total. The van der Waals surface area contributed by atoms with E-state index in [-0.39, 0.29) is 28.1 Å². The van der Waals surface area contributed by atoms with Gasteiger partial charge < -0.3 is 14.6 Å². The summed E-state index contributed by atoms with van der Waals surface area (Å²) in [6.45, 7) is 1.95. The Kier molecular flexibility index (Phi) is 8.38. The fourth-order valence-electron chi connectivity index (χ4n) is 5.13. The molecule has 1 saturated heterocycles. The van der Waals surface area contributed by atoms with Gasteiger partial charge in [-0.1, -0.05) is 64.5 Å². The summed E-state index contributed by atoms with van der Waals surface area (Å²) in [5.74, 6) is -1.41. The molecule has 1 N–H and O–H groups in total. The maximum atomic E-state index is 13.6. The van der Waals surface area contributed by atoms with Crippen LogP contribution < -0.4 is 9.64 Å². The molecule has 0 saturated carbocycles. The number of aromatic nitrogens is 2. The number of thioether (sulfide) groups is 1. The highest BCUT2D eigenvalue weighted by Gasteiger charge is 2.48. The lowest BCUT2D eigenvalue weighted by Gasteiger charge is -2.22. The van der Waals surface area contributed by atoms with Crippen molar-refractivity contribution >= 4 is 74.9 Å². The van der Waals surface area contributed by atoms with Crippen LogP contribution in [0.25, 0.3) is 5.76 Å². The lowest BCUT2D eigenvalue weighted by atomic mass is 9.94. The van der Waals surface area contributed by atoms with Crippen molar-refractivity contribution in [3.8, 4) is 5.75 Å². The average Bonchev–Trinajstić information content (AvgIpc) is 3.70. The molecule has 3 aromatic carbocycles. The third-order valence-electron chi connectivity index (χ3n) is 7.23. The van der Waals surface area contributed by atoms with Crippen LogP contribution in [0.5, 0.6) is 5.75 Å². The summed E-state index contributed by atoms with van der Waals surface area (Å²) in [7, 11) is 1.28. The Morgan fingerprint density at radius 2 is 1.84 bits per heavy atom. The number of ketones is 1. The Morgan fingerprint density at radius 3 is 2.57 bits per heavy atom. The van der Waals surface area contributed by atoms with Gasteiger partial charge in [-0.25, -0.2) is 4.79 Å². The lowest BCUT2D eigenvalue weighted by molar-refractivity contribution is -0.132. The van der Waals surface area contributed by atoms with E-state index in [2.05, 4.69) is 10.2 Å². The number of Topliss-reactive ketones (excluding diaryl/α,β-unsaturated/α-hetero) is 1. The lowest BCUT2D eigenvalue weighted by Crippen LogP contribution is -2.29. The second kappa shape index (κ2) is 12.2. The van der Waals surface area contributed by atoms with Gasteiger partial charge in [0.25, 0.3) is 5.78 Å². The number of carbonyl (C=O) groups excluding carboxylic acids is 3. The second-order valence-corrected chi connectivity index (χ2v) is 13.1. The Hall–Kier alpha value is -3.90. The molecule has 4 aromatic rings. The molecule has 2 atom stereocenters. The van der Waals surface area contributed by atoms with Crippen LogP contribution in [0.1, 0.15) is 45.6 Å². The Bertz CT molecular complexity index is 1840. The van der Waals surface area contributed by atoms with Gasteiger partial charge >= 0.3 is 11.9 Å². The maximum Gasteiger partial charge on any atom is 0.337 e. The fraction of sp³-hybridized carbons (Fsp3) is 0.194. The highest BCUT2D eigenvalue weighted by Crippen LogP contribution is 2.45. The molecule has 1 fully saturated rings. The molecule has 1 aromatic heterocycles. The maximum absolute atomic E-state index is 13.6. The van der Waals surface area contributed by atoms with E-state index in [9.17, 15) is 19.5 Å². The first-order chi connectivity index (χ1) is 21.1. The van der Waals surface area contributed by atoms with E-state index in [0.717, 1.165) is 22.5 Å². The summed E-state index contributed by atoms with van der Waals surface area (Å²) in [6.07, 6.45) is 0.636. The van der Waals surface area contributed by atoms with E-state index in [1.807, 2.05) is 13.0 Å². The first kappa shape index (κ1) is 30.1. The molecule has 44 heavy (non-hydrogen) atoms. The van der Waals surface area contributed by atoms with Gasteiger partial charge in [0.1, 0.15) is 17.6 Å². The monoisotopic (exact) mass is 667 g/mol. The smallest absolute Gasteiger partial charge is 0.337 e. The SMILES string of the molecule is COC(=O)c1ccc([C@@H]2C(=C(O)c3ccc4c(c3)C[C@H](C)O4)C(=O)C(=O)N2c2nnc(SCc3ccc(Cl)cc3Cl)s2)cc1. The Morgan fingerprint density at radius 1 is 1.09 bits per heavy atom. The molecule has 13 heteroatoms. The normalized spacial score (nSPS) is 18.8. The number of methoxy groups -OCH3 is 1. The molecule has 2 aliphatic rings. The number of aliphatic hydroxyl groups is 1. The van der Waals surface area contributed by atoms with Crippen molar-refractivity contribution in [1.29, 1.82) is 0 Å². The average molecular weight is 669 g/mol. The van der Waals surface area contributed by atoms with Crippen molar-refractivity contribution in [3.63, 3.8) is 0 Å². The van der Waals surface area contributed by atoms with Crippen LogP contribution in [0.4, 0.5) is 5.13 Å². The number of fused-ring (bicyclic) bond motifs is 1. The molecule has 0 aliphatic carbocycles. The van der Waals surface area contributed by atoms with Crippen LogP contribution in [0.2, 0.25) is 10.0 Å². The number of hydrogen-bond donors (Lipinski definition) is 1. The van der Waals surface area contributed by atoms with Gasteiger partial charge in [0.05, 0.1) is 24.3 Å². The second-order valence-electron chi connectivity index (χ2n) is 10.1. The van der Waals surface area contributed by atoms with E-state index in [0.29, 0.717) is 43.4 Å². The van der Waals surface area contributed by atoms with Crippen LogP contribution in [-0.2, 0) is 26.5 Å². The minimum atomic E-state index is -1.04. The summed E-state index contributed by atoms with van der Waals surface area (Å²) < 4.78 is 11.1. The fourth-order valence-corrected chi connectivity index (χ4v) is 7.55. The van der Waals surface area contributed by atoms with Crippen molar-refractivity contribution < 1.29 is 29.0 Å². The Balaban J connectivity index is 1.39. The number of halogens is 2. The molecule has 224 valence electrons. The summed E-state index contributed by atoms with van der Waals surface area (Å²) in [5.41, 5.74) is 2.78. The molecule has 0 radical (unpaired) electrons. The van der Waals surface area contributed by atoms with Gasteiger partial charge in [-0.15, -0.1) is 10.2 Å². The third-order valence-corrected chi connectivity index (χ3v) is 9.92. The van der Waals surface area contributed by atoms with Gasteiger partial charge in [-0.2, -0.15) is 0 Å². The number of esters is 1. The van der Waals surface area contributed by atoms with Crippen LogP contribution in [-0.4, -0.2) is 46.2 Å². The number of amides is 1. The molecule has 0 bridgehead atoms. The number of hydrogen-bond acceptors (Lipinski definition) is 10. The number of carbonyl (C=O) groups is 3. The highest BCUT2D eigenvalue weighted by molar-refractivity contribution is 8.00. The van der Waals surface area contributed by atoms with Crippen molar-refractivity contribution in [3.05, 3.63) is 104 Å². The minimum Gasteiger partial charge on any atom is -0.507 e. The summed E-state index contributed by atoms with van der Waals surface area (Å²) in [5, 5.41) is 21.2. The van der Waals surface area contributed by atoms with Crippen LogP contribution in [0, 0.1) is 0 Å². The standard InChI is InChI=1S/C31H23Cl2N3O6S2/c1-15-11-20-12-18(8-10-23(20)42-15)26(37)24-25(16-3-5-17(6-4-16)29(40)41-2)36(28(39)27(24)38)30-34-35-31(44-30)43-14-19-7-9-21(32)13-22(19)33/h3-10,12-13,15,25,37H,11,14H2,1-2H3/t15-,25+/m0/s1. The van der Waals surface area contributed by atoms with Crippen molar-refractivity contribution in [2.24, 2.45) is 0 Å². The van der Waals surface area contributed by atoms with E-state index in [1.165, 1.54) is 35.9 Å². The predicted octanol–water partition coefficient (Wildman–Crippen LogP) is 6.87. The number of aliphatic hydroxyl groups excluding tert-OH is 1. The van der Waals surface area contributed by atoms with Gasteiger partial charge in [0.2, 0.25) is 5.13 Å². The van der Waals surface area contributed by atoms with Crippen molar-refractivity contribution in [2.75, 3.05) is 12.0 Å². The molecule has 2 aliphatic heterocycles. The molecular formula is C31H23Cl2N3O6S2. The summed E-state index contributed by atoms with van der Waals surface area (Å²) >= 11 is 14.8. The molecule has 0 spiro atoms. The zero-order valence-electron chi connectivity index (χ0n) is 23.2.